The van der Waals surface area contributed by atoms with Crippen molar-refractivity contribution in [1.82, 2.24) is 5.32 Å². The molecule has 1 N–H and O–H groups in total. The fourth-order valence-corrected chi connectivity index (χ4v) is 2.04. The molecule has 0 bridgehead atoms. The van der Waals surface area contributed by atoms with Gasteiger partial charge in [-0.2, -0.15) is 0 Å². The maximum atomic E-state index is 12.1. The van der Waals surface area contributed by atoms with E-state index < -0.39 is 0 Å². The van der Waals surface area contributed by atoms with E-state index >= 15 is 0 Å². The Morgan fingerprint density at radius 3 is 2.38 bits per heavy atom. The SMILES string of the molecule is COc1ccccc1CNC(=O)c1ccc(N(C)C)cc1. The highest BCUT2D eigenvalue weighted by molar-refractivity contribution is 5.94. The van der Waals surface area contributed by atoms with Gasteiger partial charge in [-0.15, -0.1) is 0 Å². The molecule has 0 radical (unpaired) electrons. The molecular formula is C17H20N2O2. The standard InChI is InChI=1S/C17H20N2O2/c1-19(2)15-10-8-13(9-11-15)17(20)18-12-14-6-4-5-7-16(14)21-3/h4-11H,12H2,1-3H3,(H,18,20). The molecule has 4 heteroatoms. The summed E-state index contributed by atoms with van der Waals surface area (Å²) in [6, 6.07) is 15.2. The minimum absolute atomic E-state index is 0.0915. The van der Waals surface area contributed by atoms with Crippen LogP contribution in [0.5, 0.6) is 5.75 Å². The summed E-state index contributed by atoms with van der Waals surface area (Å²) >= 11 is 0. The summed E-state index contributed by atoms with van der Waals surface area (Å²) in [5, 5.41) is 2.91. The van der Waals surface area contributed by atoms with E-state index in [1.165, 1.54) is 0 Å². The van der Waals surface area contributed by atoms with Crippen molar-refractivity contribution in [3.05, 3.63) is 59.7 Å². The number of rotatable bonds is 5. The molecule has 110 valence electrons. The first-order valence-corrected chi connectivity index (χ1v) is 6.79. The Kier molecular flexibility index (Phi) is 4.82. The van der Waals surface area contributed by atoms with Crippen LogP contribution >= 0.6 is 0 Å². The molecule has 0 saturated heterocycles. The van der Waals surface area contributed by atoms with Gasteiger partial charge in [0.25, 0.3) is 5.91 Å². The van der Waals surface area contributed by atoms with E-state index in [0.717, 1.165) is 17.0 Å². The third-order valence-electron chi connectivity index (χ3n) is 3.28. The van der Waals surface area contributed by atoms with Crippen molar-refractivity contribution < 1.29 is 9.53 Å². The maximum absolute atomic E-state index is 12.1. The topological polar surface area (TPSA) is 41.6 Å². The average molecular weight is 284 g/mol. The number of hydrogen-bond acceptors (Lipinski definition) is 3. The van der Waals surface area contributed by atoms with Crippen LogP contribution in [0.3, 0.4) is 0 Å². The molecule has 0 fully saturated rings. The number of para-hydroxylation sites is 1. The third-order valence-corrected chi connectivity index (χ3v) is 3.28. The van der Waals surface area contributed by atoms with Gasteiger partial charge < -0.3 is 15.0 Å². The first-order valence-electron chi connectivity index (χ1n) is 6.79. The second-order valence-corrected chi connectivity index (χ2v) is 4.94. The third kappa shape index (κ3) is 3.75. The second kappa shape index (κ2) is 6.79. The summed E-state index contributed by atoms with van der Waals surface area (Å²) < 4.78 is 5.27. The fraction of sp³-hybridized carbons (Fsp3) is 0.235. The minimum Gasteiger partial charge on any atom is -0.496 e. The second-order valence-electron chi connectivity index (χ2n) is 4.94. The monoisotopic (exact) mass is 284 g/mol. The largest absolute Gasteiger partial charge is 0.496 e. The molecule has 0 spiro atoms. The van der Waals surface area contributed by atoms with Crippen molar-refractivity contribution in [2.45, 2.75) is 6.54 Å². The number of carbonyl (C=O) groups excluding carboxylic acids is 1. The van der Waals surface area contributed by atoms with Crippen molar-refractivity contribution in [3.8, 4) is 5.75 Å². The van der Waals surface area contributed by atoms with E-state index in [2.05, 4.69) is 5.32 Å². The quantitative estimate of drug-likeness (QED) is 0.918. The molecule has 0 aromatic heterocycles. The maximum Gasteiger partial charge on any atom is 0.251 e. The molecule has 0 heterocycles. The molecule has 0 saturated carbocycles. The van der Waals surface area contributed by atoms with Gasteiger partial charge in [0.1, 0.15) is 5.75 Å². The first-order chi connectivity index (χ1) is 10.1. The van der Waals surface area contributed by atoms with Gasteiger partial charge in [-0.1, -0.05) is 18.2 Å². The van der Waals surface area contributed by atoms with E-state index in [1.807, 2.05) is 67.5 Å². The van der Waals surface area contributed by atoms with Crippen LogP contribution in [0, 0.1) is 0 Å². The average Bonchev–Trinajstić information content (AvgIpc) is 2.52. The summed E-state index contributed by atoms with van der Waals surface area (Å²) in [4.78, 5) is 14.1. The van der Waals surface area contributed by atoms with Crippen LogP contribution in [0.1, 0.15) is 15.9 Å². The van der Waals surface area contributed by atoms with Crippen LogP contribution in [0.2, 0.25) is 0 Å². The zero-order valence-corrected chi connectivity index (χ0v) is 12.6. The van der Waals surface area contributed by atoms with Gasteiger partial charge in [0.05, 0.1) is 7.11 Å². The van der Waals surface area contributed by atoms with Gasteiger partial charge in [0, 0.05) is 37.5 Å². The molecule has 0 aliphatic carbocycles. The van der Waals surface area contributed by atoms with E-state index in [4.69, 9.17) is 4.74 Å². The molecular weight excluding hydrogens is 264 g/mol. The summed E-state index contributed by atoms with van der Waals surface area (Å²) in [6.07, 6.45) is 0. The first kappa shape index (κ1) is 14.9. The smallest absolute Gasteiger partial charge is 0.251 e. The van der Waals surface area contributed by atoms with Gasteiger partial charge in [0.15, 0.2) is 0 Å². The number of nitrogens with one attached hydrogen (secondary N) is 1. The molecule has 2 rings (SSSR count). The number of anilines is 1. The van der Waals surface area contributed by atoms with E-state index in [1.54, 1.807) is 7.11 Å². The number of ether oxygens (including phenoxy) is 1. The van der Waals surface area contributed by atoms with Gasteiger partial charge in [-0.25, -0.2) is 0 Å². The fourth-order valence-electron chi connectivity index (χ4n) is 2.04. The van der Waals surface area contributed by atoms with Crippen molar-refractivity contribution >= 4 is 11.6 Å². The van der Waals surface area contributed by atoms with Crippen LogP contribution in [0.15, 0.2) is 48.5 Å². The summed E-state index contributed by atoms with van der Waals surface area (Å²) in [5.74, 6) is 0.687. The van der Waals surface area contributed by atoms with Gasteiger partial charge in [-0.3, -0.25) is 4.79 Å². The highest BCUT2D eigenvalue weighted by atomic mass is 16.5. The molecule has 0 atom stereocenters. The van der Waals surface area contributed by atoms with Crippen LogP contribution in [0.4, 0.5) is 5.69 Å². The van der Waals surface area contributed by atoms with E-state index in [0.29, 0.717) is 12.1 Å². The van der Waals surface area contributed by atoms with Gasteiger partial charge in [-0.05, 0) is 30.3 Å². The zero-order valence-electron chi connectivity index (χ0n) is 12.6. The van der Waals surface area contributed by atoms with Crippen LogP contribution in [-0.4, -0.2) is 27.1 Å². The summed E-state index contributed by atoms with van der Waals surface area (Å²) in [7, 11) is 5.56. The Labute approximate surface area is 125 Å². The Hall–Kier alpha value is -2.49. The minimum atomic E-state index is -0.0915. The lowest BCUT2D eigenvalue weighted by Gasteiger charge is -2.13. The van der Waals surface area contributed by atoms with Crippen LogP contribution in [0.25, 0.3) is 0 Å². The lowest BCUT2D eigenvalue weighted by molar-refractivity contribution is 0.0950. The lowest BCUT2D eigenvalue weighted by Crippen LogP contribution is -2.23. The molecule has 4 nitrogen and oxygen atoms in total. The molecule has 0 aliphatic heterocycles. The number of methoxy groups -OCH3 is 1. The molecule has 21 heavy (non-hydrogen) atoms. The van der Waals surface area contributed by atoms with Crippen molar-refractivity contribution in [2.24, 2.45) is 0 Å². The molecule has 0 unspecified atom stereocenters. The van der Waals surface area contributed by atoms with Crippen LogP contribution in [-0.2, 0) is 6.54 Å². The van der Waals surface area contributed by atoms with Gasteiger partial charge in [0.2, 0.25) is 0 Å². The van der Waals surface area contributed by atoms with Crippen molar-refractivity contribution in [1.29, 1.82) is 0 Å². The van der Waals surface area contributed by atoms with Crippen molar-refractivity contribution in [3.63, 3.8) is 0 Å². The number of carbonyl (C=O) groups is 1. The molecule has 2 aromatic carbocycles. The van der Waals surface area contributed by atoms with E-state index in [-0.39, 0.29) is 5.91 Å². The Balaban J connectivity index is 2.01. The molecule has 2 aromatic rings. The Morgan fingerprint density at radius 1 is 1.10 bits per heavy atom. The predicted molar refractivity (Wildman–Crippen MR) is 84.9 cm³/mol. The lowest BCUT2D eigenvalue weighted by atomic mass is 10.1. The van der Waals surface area contributed by atoms with Crippen LogP contribution < -0.4 is 15.0 Å². The Bertz CT molecular complexity index is 606. The van der Waals surface area contributed by atoms with Gasteiger partial charge >= 0.3 is 0 Å². The molecule has 0 aliphatic rings. The summed E-state index contributed by atoms with van der Waals surface area (Å²) in [5.41, 5.74) is 2.67. The molecule has 1 amide bonds. The summed E-state index contributed by atoms with van der Waals surface area (Å²) in [6.45, 7) is 0.443. The number of amides is 1. The zero-order chi connectivity index (χ0) is 15.2. The van der Waals surface area contributed by atoms with E-state index in [9.17, 15) is 4.79 Å². The Morgan fingerprint density at radius 2 is 1.76 bits per heavy atom. The highest BCUT2D eigenvalue weighted by Gasteiger charge is 2.07. The number of nitrogens with zero attached hydrogens (tertiary/aromatic N) is 1. The number of benzene rings is 2. The highest BCUT2D eigenvalue weighted by Crippen LogP contribution is 2.17. The van der Waals surface area contributed by atoms with Crippen molar-refractivity contribution in [2.75, 3.05) is 26.1 Å². The predicted octanol–water partition coefficient (Wildman–Crippen LogP) is 2.69. The number of hydrogen-bond donors (Lipinski definition) is 1. The normalized spacial score (nSPS) is 10.0.